The van der Waals surface area contributed by atoms with E-state index in [1.54, 1.807) is 24.3 Å². The van der Waals surface area contributed by atoms with Crippen LogP contribution in [0.2, 0.25) is 10.0 Å². The molecule has 4 rings (SSSR count). The first-order valence-electron chi connectivity index (χ1n) is 10.6. The zero-order valence-corrected chi connectivity index (χ0v) is 18.7. The number of carbonyl (C=O) groups excluding carboxylic acids is 1. The van der Waals surface area contributed by atoms with Crippen molar-refractivity contribution in [1.82, 2.24) is 5.32 Å². The Hall–Kier alpha value is -2.18. The van der Waals surface area contributed by atoms with E-state index in [0.717, 1.165) is 5.56 Å². The first-order chi connectivity index (χ1) is 15.2. The van der Waals surface area contributed by atoms with Crippen molar-refractivity contribution in [3.63, 3.8) is 0 Å². The Morgan fingerprint density at radius 3 is 2.12 bits per heavy atom. The summed E-state index contributed by atoms with van der Waals surface area (Å²) >= 11 is 13.4. The van der Waals surface area contributed by atoms with Crippen molar-refractivity contribution in [1.29, 1.82) is 0 Å². The van der Waals surface area contributed by atoms with Gasteiger partial charge in [-0.2, -0.15) is 0 Å². The largest absolute Gasteiger partial charge is 0.478 e. The first-order valence-corrected chi connectivity index (χ1v) is 11.4. The number of aromatic carboxylic acids is 1. The number of carboxylic acids is 1. The minimum Gasteiger partial charge on any atom is -0.478 e. The number of halogens is 4. The van der Waals surface area contributed by atoms with Gasteiger partial charge >= 0.3 is 5.97 Å². The molecule has 4 nitrogen and oxygen atoms in total. The highest BCUT2D eigenvalue weighted by Crippen LogP contribution is 2.50. The van der Waals surface area contributed by atoms with Crippen molar-refractivity contribution in [3.05, 3.63) is 57.6 Å². The van der Waals surface area contributed by atoms with Crippen LogP contribution in [0.5, 0.6) is 0 Å². The fourth-order valence-corrected chi connectivity index (χ4v) is 5.76. The van der Waals surface area contributed by atoms with E-state index in [-0.39, 0.29) is 42.1 Å². The highest BCUT2D eigenvalue weighted by atomic mass is 35.5. The number of hydrogen-bond acceptors (Lipinski definition) is 2. The maximum Gasteiger partial charge on any atom is 0.335 e. The number of amides is 1. The summed E-state index contributed by atoms with van der Waals surface area (Å²) in [4.78, 5) is 23.7. The molecule has 170 valence electrons. The van der Waals surface area contributed by atoms with Gasteiger partial charge in [0.05, 0.1) is 5.56 Å². The van der Waals surface area contributed by atoms with Gasteiger partial charge in [-0.25, -0.2) is 13.6 Å². The van der Waals surface area contributed by atoms with E-state index in [1.807, 2.05) is 0 Å². The third kappa shape index (κ3) is 4.62. The lowest BCUT2D eigenvalue weighted by Crippen LogP contribution is -2.33. The average molecular weight is 482 g/mol. The molecule has 1 aliphatic carbocycles. The van der Waals surface area contributed by atoms with Crippen LogP contribution in [-0.4, -0.2) is 29.5 Å². The molecule has 0 radical (unpaired) electrons. The Bertz CT molecular complexity index is 1010. The molecule has 0 aromatic heterocycles. The van der Waals surface area contributed by atoms with Crippen LogP contribution in [0, 0.1) is 11.8 Å². The van der Waals surface area contributed by atoms with Crippen LogP contribution in [0.25, 0.3) is 11.1 Å². The Kier molecular flexibility index (Phi) is 6.46. The van der Waals surface area contributed by atoms with Crippen molar-refractivity contribution >= 4 is 35.1 Å². The van der Waals surface area contributed by atoms with E-state index in [9.17, 15) is 18.4 Å². The van der Waals surface area contributed by atoms with Crippen molar-refractivity contribution in [2.75, 3.05) is 6.54 Å². The number of hydrogen-bond donors (Lipinski definition) is 2. The molecule has 2 atom stereocenters. The molecule has 2 fully saturated rings. The second-order valence-corrected chi connectivity index (χ2v) is 9.46. The van der Waals surface area contributed by atoms with Gasteiger partial charge in [0.25, 0.3) is 0 Å². The molecule has 2 aliphatic rings. The SMILES string of the molecule is O=C(O)c1ccc(-c2cc(Cl)c(C(C3CCC(F)(F)CC3)[C@H]3CCNC3=O)c(Cl)c2)cc1. The summed E-state index contributed by atoms with van der Waals surface area (Å²) in [6.45, 7) is 0.548. The molecule has 8 heteroatoms. The number of nitrogens with one attached hydrogen (secondary N) is 1. The molecule has 2 N–H and O–H groups in total. The van der Waals surface area contributed by atoms with Crippen molar-refractivity contribution < 1.29 is 23.5 Å². The Balaban J connectivity index is 1.71. The maximum atomic E-state index is 13.8. The highest BCUT2D eigenvalue weighted by Gasteiger charge is 2.44. The standard InChI is InChI=1S/C24H23Cl2F2NO3/c25-18-11-16(13-1-3-15(4-2-13)23(31)32)12-19(26)21(18)20(17-7-10-29-22(17)30)14-5-8-24(27,28)9-6-14/h1-4,11-12,14,17,20H,5-10H2,(H,29,30)(H,31,32)/t17-,20?/m1/s1. The molecule has 1 aliphatic heterocycles. The van der Waals surface area contributed by atoms with Crippen molar-refractivity contribution in [2.24, 2.45) is 11.8 Å². The monoisotopic (exact) mass is 481 g/mol. The lowest BCUT2D eigenvalue weighted by Gasteiger charge is -2.37. The second kappa shape index (κ2) is 8.99. The van der Waals surface area contributed by atoms with Gasteiger partial charge in [0.15, 0.2) is 0 Å². The maximum absolute atomic E-state index is 13.8. The third-order valence-corrected chi connectivity index (χ3v) is 7.30. The van der Waals surface area contributed by atoms with Crippen LogP contribution in [0.1, 0.15) is 53.9 Å². The summed E-state index contributed by atoms with van der Waals surface area (Å²) in [7, 11) is 0. The number of benzene rings is 2. The zero-order valence-electron chi connectivity index (χ0n) is 17.2. The third-order valence-electron chi connectivity index (χ3n) is 6.67. The summed E-state index contributed by atoms with van der Waals surface area (Å²) in [6, 6.07) is 9.85. The number of alkyl halides is 2. The van der Waals surface area contributed by atoms with Gasteiger partial charge in [-0.05, 0) is 66.1 Å². The van der Waals surface area contributed by atoms with E-state index < -0.39 is 11.9 Å². The van der Waals surface area contributed by atoms with Crippen LogP contribution in [0.3, 0.4) is 0 Å². The van der Waals surface area contributed by atoms with E-state index in [0.29, 0.717) is 47.0 Å². The molecule has 32 heavy (non-hydrogen) atoms. The molecule has 1 saturated carbocycles. The Morgan fingerprint density at radius 2 is 1.62 bits per heavy atom. The van der Waals surface area contributed by atoms with Crippen LogP contribution in [-0.2, 0) is 4.79 Å². The lowest BCUT2D eigenvalue weighted by atomic mass is 9.69. The van der Waals surface area contributed by atoms with Crippen LogP contribution in [0.15, 0.2) is 36.4 Å². The molecule has 1 heterocycles. The van der Waals surface area contributed by atoms with Gasteiger partial charge in [0.2, 0.25) is 11.8 Å². The topological polar surface area (TPSA) is 66.4 Å². The van der Waals surface area contributed by atoms with Crippen molar-refractivity contribution in [2.45, 2.75) is 43.9 Å². The molecule has 1 amide bonds. The minimum atomic E-state index is -2.67. The van der Waals surface area contributed by atoms with Gasteiger partial charge in [-0.1, -0.05) is 35.3 Å². The van der Waals surface area contributed by atoms with E-state index in [1.165, 1.54) is 12.1 Å². The van der Waals surface area contributed by atoms with Crippen LogP contribution >= 0.6 is 23.2 Å². The second-order valence-electron chi connectivity index (χ2n) is 8.64. The van der Waals surface area contributed by atoms with Gasteiger partial charge in [-0.15, -0.1) is 0 Å². The lowest BCUT2D eigenvalue weighted by molar-refractivity contribution is -0.123. The number of carboxylic acid groups (broad SMARTS) is 1. The van der Waals surface area contributed by atoms with E-state index in [4.69, 9.17) is 28.3 Å². The summed E-state index contributed by atoms with van der Waals surface area (Å²) in [5.74, 6) is -4.58. The predicted octanol–water partition coefficient (Wildman–Crippen LogP) is 6.40. The molecule has 1 unspecified atom stereocenters. The predicted molar refractivity (Wildman–Crippen MR) is 120 cm³/mol. The molecule has 0 spiro atoms. The quantitative estimate of drug-likeness (QED) is 0.518. The summed E-state index contributed by atoms with van der Waals surface area (Å²) in [6.07, 6.45) is 0.831. The van der Waals surface area contributed by atoms with Gasteiger partial charge in [0.1, 0.15) is 0 Å². The zero-order chi connectivity index (χ0) is 23.0. The van der Waals surface area contributed by atoms with Crippen molar-refractivity contribution in [3.8, 4) is 11.1 Å². The molecular formula is C24H23Cl2F2NO3. The fraction of sp³-hybridized carbons (Fsp3) is 0.417. The minimum absolute atomic E-state index is 0.0900. The fourth-order valence-electron chi connectivity index (χ4n) is 5.02. The smallest absolute Gasteiger partial charge is 0.335 e. The van der Waals surface area contributed by atoms with Gasteiger partial charge in [0, 0.05) is 41.3 Å². The molecule has 2 aromatic carbocycles. The number of carbonyl (C=O) groups is 2. The first kappa shape index (κ1) is 23.0. The molecule has 1 saturated heterocycles. The Labute approximate surface area is 194 Å². The Morgan fingerprint density at radius 1 is 1.03 bits per heavy atom. The normalized spacial score (nSPS) is 21.9. The molecule has 2 aromatic rings. The van der Waals surface area contributed by atoms with E-state index in [2.05, 4.69) is 5.32 Å². The van der Waals surface area contributed by atoms with Gasteiger partial charge < -0.3 is 10.4 Å². The highest BCUT2D eigenvalue weighted by molar-refractivity contribution is 6.36. The average Bonchev–Trinajstić information content (AvgIpc) is 3.16. The van der Waals surface area contributed by atoms with E-state index >= 15 is 0 Å². The van der Waals surface area contributed by atoms with Crippen LogP contribution in [0.4, 0.5) is 8.78 Å². The molecule has 0 bridgehead atoms. The summed E-state index contributed by atoms with van der Waals surface area (Å²) in [5, 5.41) is 12.7. The number of rotatable bonds is 5. The van der Waals surface area contributed by atoms with Crippen LogP contribution < -0.4 is 5.32 Å². The summed E-state index contributed by atoms with van der Waals surface area (Å²) < 4.78 is 27.6. The summed E-state index contributed by atoms with van der Waals surface area (Å²) in [5.41, 5.74) is 2.27. The van der Waals surface area contributed by atoms with Gasteiger partial charge in [-0.3, -0.25) is 4.79 Å². The molecular weight excluding hydrogens is 459 g/mol.